The lowest BCUT2D eigenvalue weighted by molar-refractivity contribution is -0.138. The number of nitrogens with zero attached hydrogens (tertiary/aromatic N) is 7. The average molecular weight is 708 g/mol. The highest BCUT2D eigenvalue weighted by atomic mass is 16.3. The fourth-order valence-electron chi connectivity index (χ4n) is 8.09. The van der Waals surface area contributed by atoms with Crippen molar-refractivity contribution >= 4 is 46.7 Å². The van der Waals surface area contributed by atoms with Crippen molar-refractivity contribution in [1.29, 1.82) is 0 Å². The van der Waals surface area contributed by atoms with Crippen molar-refractivity contribution in [2.75, 3.05) is 74.5 Å². The van der Waals surface area contributed by atoms with Crippen LogP contribution in [0.1, 0.15) is 46.4 Å². The first-order valence-corrected chi connectivity index (χ1v) is 17.9. The first-order valence-electron chi connectivity index (χ1n) is 17.9. The van der Waals surface area contributed by atoms with Crippen molar-refractivity contribution in [1.82, 2.24) is 30.2 Å². The minimum Gasteiger partial charge on any atom is -0.507 e. The summed E-state index contributed by atoms with van der Waals surface area (Å²) in [5.74, 6) is -0.997. The summed E-state index contributed by atoms with van der Waals surface area (Å²) >= 11 is 0. The molecule has 3 aromatic rings. The van der Waals surface area contributed by atoms with Gasteiger partial charge in [-0.15, -0.1) is 10.2 Å². The number of anilines is 3. The highest BCUT2D eigenvalue weighted by Crippen LogP contribution is 2.37. The van der Waals surface area contributed by atoms with Gasteiger partial charge in [-0.3, -0.25) is 34.2 Å². The predicted molar refractivity (Wildman–Crippen MR) is 191 cm³/mol. The van der Waals surface area contributed by atoms with Crippen LogP contribution in [0.3, 0.4) is 0 Å². The normalized spacial score (nSPS) is 22.1. The summed E-state index contributed by atoms with van der Waals surface area (Å²) in [6.45, 7) is 5.72. The number of para-hydroxylation sites is 1. The van der Waals surface area contributed by atoms with Crippen molar-refractivity contribution in [2.45, 2.75) is 37.8 Å². The van der Waals surface area contributed by atoms with Gasteiger partial charge >= 0.3 is 0 Å². The molecule has 8 rings (SSSR count). The van der Waals surface area contributed by atoms with Gasteiger partial charge in [-0.25, -0.2) is 0 Å². The van der Waals surface area contributed by atoms with E-state index in [9.17, 15) is 29.1 Å². The maximum absolute atomic E-state index is 13.7. The van der Waals surface area contributed by atoms with E-state index in [0.717, 1.165) is 48.8 Å². The maximum Gasteiger partial charge on any atom is 0.262 e. The molecule has 2 atom stereocenters. The number of phenols is 1. The fraction of sp³-hybridized carbons (Fsp3) is 0.432. The molecule has 0 bridgehead atoms. The molecular formula is C37H41N9O6. The number of nitrogens with one attached hydrogen (secondary N) is 2. The van der Waals surface area contributed by atoms with Crippen LogP contribution in [0.25, 0.3) is 11.3 Å². The van der Waals surface area contributed by atoms with Gasteiger partial charge < -0.3 is 30.0 Å². The predicted octanol–water partition coefficient (Wildman–Crippen LogP) is 1.54. The van der Waals surface area contributed by atoms with Crippen molar-refractivity contribution in [2.24, 2.45) is 5.92 Å². The molecule has 0 radical (unpaired) electrons. The maximum atomic E-state index is 13.7. The summed E-state index contributed by atoms with van der Waals surface area (Å²) in [5.41, 5.74) is 3.48. The van der Waals surface area contributed by atoms with Gasteiger partial charge in [-0.1, -0.05) is 12.1 Å². The number of likely N-dealkylation sites (tertiary alicyclic amines) is 1. The van der Waals surface area contributed by atoms with Crippen LogP contribution in [0.15, 0.2) is 48.5 Å². The summed E-state index contributed by atoms with van der Waals surface area (Å²) in [4.78, 5) is 73.7. The van der Waals surface area contributed by atoms with E-state index in [4.69, 9.17) is 0 Å². The number of benzene rings is 2. The lowest BCUT2D eigenvalue weighted by Crippen LogP contribution is -2.60. The number of rotatable bonds is 7. The Morgan fingerprint density at radius 3 is 2.50 bits per heavy atom. The fourth-order valence-corrected chi connectivity index (χ4v) is 8.09. The number of piperidine rings is 2. The van der Waals surface area contributed by atoms with E-state index in [1.54, 1.807) is 24.3 Å². The molecule has 5 aliphatic rings. The number of aromatic hydroxyl groups is 1. The number of likely N-dealkylation sites (N-methyl/N-ethyl adjacent to an activating group) is 1. The minimum absolute atomic E-state index is 0.0181. The Kier molecular flexibility index (Phi) is 8.73. The highest BCUT2D eigenvalue weighted by molar-refractivity contribution is 6.23. The second-order valence-corrected chi connectivity index (χ2v) is 14.2. The third-order valence-corrected chi connectivity index (χ3v) is 11.1. The molecule has 5 aliphatic heterocycles. The standard InChI is InChI=1S/C37H41N9O6/c1-42(23-6-7-25-27(18-23)37(52)46(36(25)51)29-8-9-32(48)39-34(29)49)14-15-43-12-10-22(11-13-43)35(50)44-16-17-45-24(21-44)20-38-33-30(45)19-28(40-41-33)26-4-2-3-5-31(26)47/h2-7,18-19,22,24,29,47H,8-17,20-21H2,1H3,(H,38,41)(H,39,48,49)/t24-,29?/m0/s1. The van der Waals surface area contributed by atoms with E-state index in [1.807, 2.05) is 41.1 Å². The SMILES string of the molecule is CN(CCN1CCC(C(=O)N2CCN3c4cc(-c5ccccc5O)nnc4NC[C@H]3C2)CC1)c1ccc2c(c1)C(=O)N(C1CCC(=O)NC1=O)C2=O. The highest BCUT2D eigenvalue weighted by Gasteiger charge is 2.45. The Balaban J connectivity index is 0.827. The second kappa shape index (κ2) is 13.5. The Morgan fingerprint density at radius 2 is 1.71 bits per heavy atom. The number of imide groups is 2. The Hall–Kier alpha value is -5.57. The molecule has 3 saturated heterocycles. The van der Waals surface area contributed by atoms with Crippen LogP contribution in [0.2, 0.25) is 0 Å². The molecule has 3 fully saturated rings. The monoisotopic (exact) mass is 707 g/mol. The molecule has 0 aliphatic carbocycles. The molecule has 270 valence electrons. The molecule has 3 N–H and O–H groups in total. The van der Waals surface area contributed by atoms with Crippen LogP contribution in [0.5, 0.6) is 5.75 Å². The van der Waals surface area contributed by atoms with E-state index in [2.05, 4.69) is 30.6 Å². The van der Waals surface area contributed by atoms with Gasteiger partial charge in [-0.05, 0) is 68.8 Å². The third-order valence-electron chi connectivity index (χ3n) is 11.1. The van der Waals surface area contributed by atoms with Crippen molar-refractivity contribution < 1.29 is 29.1 Å². The number of phenolic OH excluding ortho intramolecular Hbond substituents is 1. The molecule has 15 nitrogen and oxygen atoms in total. The summed E-state index contributed by atoms with van der Waals surface area (Å²) in [5, 5.41) is 24.7. The van der Waals surface area contributed by atoms with E-state index in [1.165, 1.54) is 0 Å². The number of piperazine rings is 1. The summed E-state index contributed by atoms with van der Waals surface area (Å²) < 4.78 is 0. The van der Waals surface area contributed by atoms with Crippen molar-refractivity contribution in [3.63, 3.8) is 0 Å². The minimum atomic E-state index is -0.992. The van der Waals surface area contributed by atoms with E-state index < -0.39 is 29.7 Å². The molecule has 2 aromatic carbocycles. The molecule has 6 heterocycles. The van der Waals surface area contributed by atoms with Gasteiger partial charge in [0.2, 0.25) is 17.7 Å². The van der Waals surface area contributed by atoms with Crippen LogP contribution in [-0.2, 0) is 14.4 Å². The zero-order valence-corrected chi connectivity index (χ0v) is 29.0. The largest absolute Gasteiger partial charge is 0.507 e. The smallest absolute Gasteiger partial charge is 0.262 e. The number of aromatic nitrogens is 2. The number of hydrogen-bond donors (Lipinski definition) is 3. The molecule has 1 unspecified atom stereocenters. The topological polar surface area (TPSA) is 172 Å². The molecule has 52 heavy (non-hydrogen) atoms. The quantitative estimate of drug-likeness (QED) is 0.303. The summed E-state index contributed by atoms with van der Waals surface area (Å²) in [6.07, 6.45) is 1.78. The lowest BCUT2D eigenvalue weighted by atomic mass is 9.94. The van der Waals surface area contributed by atoms with Gasteiger partial charge in [-0.2, -0.15) is 0 Å². The molecule has 15 heteroatoms. The van der Waals surface area contributed by atoms with E-state index in [0.29, 0.717) is 49.8 Å². The summed E-state index contributed by atoms with van der Waals surface area (Å²) in [6, 6.07) is 13.3. The number of carbonyl (C=O) groups is 5. The summed E-state index contributed by atoms with van der Waals surface area (Å²) in [7, 11) is 1.94. The first kappa shape index (κ1) is 33.6. The number of carbonyl (C=O) groups excluding carboxylic acids is 5. The number of hydrogen-bond acceptors (Lipinski definition) is 12. The Labute approximate surface area is 300 Å². The van der Waals surface area contributed by atoms with E-state index in [-0.39, 0.29) is 47.6 Å². The van der Waals surface area contributed by atoms with Gasteiger partial charge in [0, 0.05) is 69.9 Å². The zero-order valence-electron chi connectivity index (χ0n) is 29.0. The first-order chi connectivity index (χ1) is 25.2. The van der Waals surface area contributed by atoms with E-state index >= 15 is 0 Å². The molecule has 0 spiro atoms. The van der Waals surface area contributed by atoms with Crippen LogP contribution < -0.4 is 20.4 Å². The van der Waals surface area contributed by atoms with Crippen LogP contribution >= 0.6 is 0 Å². The van der Waals surface area contributed by atoms with Gasteiger partial charge in [0.05, 0.1) is 28.6 Å². The Bertz CT molecular complexity index is 1960. The zero-order chi connectivity index (χ0) is 36.1. The van der Waals surface area contributed by atoms with Gasteiger partial charge in [0.25, 0.3) is 11.8 Å². The number of amides is 5. The second-order valence-electron chi connectivity index (χ2n) is 14.2. The molecule has 1 aromatic heterocycles. The molecule has 0 saturated carbocycles. The average Bonchev–Trinajstić information content (AvgIpc) is 3.41. The van der Waals surface area contributed by atoms with Crippen LogP contribution in [-0.4, -0.2) is 131 Å². The van der Waals surface area contributed by atoms with Gasteiger partial charge in [0.15, 0.2) is 5.82 Å². The van der Waals surface area contributed by atoms with Gasteiger partial charge in [0.1, 0.15) is 11.8 Å². The number of fused-ring (bicyclic) bond motifs is 4. The van der Waals surface area contributed by atoms with Crippen molar-refractivity contribution in [3.8, 4) is 17.0 Å². The van der Waals surface area contributed by atoms with Crippen molar-refractivity contribution in [3.05, 3.63) is 59.7 Å². The molecular weight excluding hydrogens is 666 g/mol. The van der Waals surface area contributed by atoms with Crippen LogP contribution in [0.4, 0.5) is 17.2 Å². The Morgan fingerprint density at radius 1 is 0.923 bits per heavy atom. The van der Waals surface area contributed by atoms with Crippen LogP contribution in [0, 0.1) is 5.92 Å². The molecule has 5 amide bonds. The third kappa shape index (κ3) is 6.08. The lowest BCUT2D eigenvalue weighted by Gasteiger charge is -2.46.